The van der Waals surface area contributed by atoms with E-state index in [9.17, 15) is 5.11 Å². The van der Waals surface area contributed by atoms with Crippen LogP contribution in [0.15, 0.2) is 18.2 Å². The van der Waals surface area contributed by atoms with E-state index >= 15 is 0 Å². The Labute approximate surface area is 99.2 Å². The summed E-state index contributed by atoms with van der Waals surface area (Å²) in [7, 11) is 0. The van der Waals surface area contributed by atoms with Crippen molar-refractivity contribution in [3.8, 4) is 5.75 Å². The first kappa shape index (κ1) is 10.0. The molecule has 2 N–H and O–H groups in total. The van der Waals surface area contributed by atoms with Crippen LogP contribution in [0.4, 0.5) is 0 Å². The number of phenols is 1. The van der Waals surface area contributed by atoms with Gasteiger partial charge in [0.15, 0.2) is 0 Å². The van der Waals surface area contributed by atoms with Crippen molar-refractivity contribution in [2.75, 3.05) is 5.88 Å². The molecule has 1 aliphatic rings. The molecule has 1 aromatic carbocycles. The smallest absolute Gasteiger partial charge is 0.117 e. The largest absolute Gasteiger partial charge is 0.508 e. The quantitative estimate of drug-likeness (QED) is 0.732. The number of hydrogen-bond donors (Lipinski definition) is 2. The van der Waals surface area contributed by atoms with E-state index in [4.69, 9.17) is 11.6 Å². The Morgan fingerprint density at radius 2 is 2.31 bits per heavy atom. The maximum Gasteiger partial charge on any atom is 0.117 e. The zero-order chi connectivity index (χ0) is 11.1. The van der Waals surface area contributed by atoms with Gasteiger partial charge in [0.1, 0.15) is 5.75 Å². The van der Waals surface area contributed by atoms with Crippen LogP contribution < -0.4 is 0 Å². The molecule has 1 aliphatic carbocycles. The SMILES string of the molecule is Oc1ccc2c3c([nH]c2c1)CCC(CCl)C3. The number of phenolic OH excluding ortho intramolecular Hbond substituents is 1. The van der Waals surface area contributed by atoms with Gasteiger partial charge in [-0.2, -0.15) is 0 Å². The normalized spacial score (nSPS) is 19.9. The number of aromatic hydroxyl groups is 1. The molecule has 3 rings (SSSR count). The molecule has 0 aliphatic heterocycles. The van der Waals surface area contributed by atoms with Crippen LogP contribution in [0.2, 0.25) is 0 Å². The number of benzene rings is 1. The van der Waals surface area contributed by atoms with E-state index in [0.717, 1.165) is 30.7 Å². The molecule has 1 unspecified atom stereocenters. The number of aromatic nitrogens is 1. The van der Waals surface area contributed by atoms with Crippen LogP contribution in [0.5, 0.6) is 5.75 Å². The molecule has 3 heteroatoms. The van der Waals surface area contributed by atoms with Gasteiger partial charge in [0, 0.05) is 28.5 Å². The Morgan fingerprint density at radius 1 is 1.44 bits per heavy atom. The summed E-state index contributed by atoms with van der Waals surface area (Å²) in [4.78, 5) is 3.40. The minimum atomic E-state index is 0.319. The third-order valence-corrected chi connectivity index (χ3v) is 3.93. The maximum atomic E-state index is 9.45. The number of fused-ring (bicyclic) bond motifs is 3. The van der Waals surface area contributed by atoms with E-state index in [2.05, 4.69) is 4.98 Å². The Bertz CT molecular complexity index is 532. The lowest BCUT2D eigenvalue weighted by molar-refractivity contribution is 0.476. The van der Waals surface area contributed by atoms with E-state index in [1.807, 2.05) is 6.07 Å². The number of H-pyrrole nitrogens is 1. The minimum absolute atomic E-state index is 0.319. The summed E-state index contributed by atoms with van der Waals surface area (Å²) in [5, 5.41) is 10.7. The highest BCUT2D eigenvalue weighted by Gasteiger charge is 2.21. The summed E-state index contributed by atoms with van der Waals surface area (Å²) >= 11 is 5.94. The van der Waals surface area contributed by atoms with Gasteiger partial charge in [0.05, 0.1) is 0 Å². The van der Waals surface area contributed by atoms with Gasteiger partial charge in [-0.25, -0.2) is 0 Å². The van der Waals surface area contributed by atoms with Crippen molar-refractivity contribution in [3.05, 3.63) is 29.5 Å². The number of aromatic amines is 1. The summed E-state index contributed by atoms with van der Waals surface area (Å²) in [6.07, 6.45) is 3.29. The molecule has 0 fully saturated rings. The number of rotatable bonds is 1. The first-order valence-corrected chi connectivity index (χ1v) is 6.20. The molecule has 16 heavy (non-hydrogen) atoms. The molecule has 1 aromatic heterocycles. The average molecular weight is 236 g/mol. The Hall–Kier alpha value is -1.15. The molecule has 1 atom stereocenters. The fourth-order valence-corrected chi connectivity index (χ4v) is 2.88. The van der Waals surface area contributed by atoms with Crippen LogP contribution in [-0.2, 0) is 12.8 Å². The molecular weight excluding hydrogens is 222 g/mol. The van der Waals surface area contributed by atoms with Gasteiger partial charge in [0.2, 0.25) is 0 Å². The lowest BCUT2D eigenvalue weighted by Crippen LogP contribution is -2.14. The van der Waals surface area contributed by atoms with E-state index in [-0.39, 0.29) is 0 Å². The standard InChI is InChI=1S/C13H14ClNO/c14-7-8-1-4-12-11(5-8)10-3-2-9(16)6-13(10)15-12/h2-3,6,8,15-16H,1,4-5,7H2. The zero-order valence-corrected chi connectivity index (χ0v) is 9.72. The highest BCUT2D eigenvalue weighted by Crippen LogP contribution is 2.33. The number of alkyl halides is 1. The van der Waals surface area contributed by atoms with Crippen molar-refractivity contribution in [2.24, 2.45) is 5.92 Å². The van der Waals surface area contributed by atoms with Crippen molar-refractivity contribution in [3.63, 3.8) is 0 Å². The molecule has 0 spiro atoms. The van der Waals surface area contributed by atoms with Gasteiger partial charge in [-0.05, 0) is 42.9 Å². The van der Waals surface area contributed by atoms with Crippen LogP contribution in [0.25, 0.3) is 10.9 Å². The maximum absolute atomic E-state index is 9.45. The van der Waals surface area contributed by atoms with Crippen molar-refractivity contribution < 1.29 is 5.11 Å². The van der Waals surface area contributed by atoms with Gasteiger partial charge in [0.25, 0.3) is 0 Å². The monoisotopic (exact) mass is 235 g/mol. The molecule has 0 saturated heterocycles. The molecular formula is C13H14ClNO. The number of halogens is 1. The van der Waals surface area contributed by atoms with Crippen molar-refractivity contribution in [1.82, 2.24) is 4.98 Å². The van der Waals surface area contributed by atoms with Gasteiger partial charge < -0.3 is 10.1 Å². The zero-order valence-electron chi connectivity index (χ0n) is 8.96. The second-order valence-corrected chi connectivity index (χ2v) is 4.88. The van der Waals surface area contributed by atoms with Crippen molar-refractivity contribution in [2.45, 2.75) is 19.3 Å². The minimum Gasteiger partial charge on any atom is -0.508 e. The van der Waals surface area contributed by atoms with Gasteiger partial charge >= 0.3 is 0 Å². The van der Waals surface area contributed by atoms with E-state index in [1.165, 1.54) is 16.6 Å². The highest BCUT2D eigenvalue weighted by molar-refractivity contribution is 6.18. The summed E-state index contributed by atoms with van der Waals surface area (Å²) in [6.45, 7) is 0. The molecule has 0 amide bonds. The van der Waals surface area contributed by atoms with Crippen LogP contribution in [0.3, 0.4) is 0 Å². The summed E-state index contributed by atoms with van der Waals surface area (Å²) in [5.41, 5.74) is 3.76. The summed E-state index contributed by atoms with van der Waals surface area (Å²) in [6, 6.07) is 5.54. The van der Waals surface area contributed by atoms with Gasteiger partial charge in [-0.1, -0.05) is 0 Å². The first-order chi connectivity index (χ1) is 7.78. The molecule has 2 nitrogen and oxygen atoms in total. The van der Waals surface area contributed by atoms with Crippen LogP contribution in [0, 0.1) is 5.92 Å². The number of aryl methyl sites for hydroxylation is 1. The molecule has 0 bridgehead atoms. The fourth-order valence-electron chi connectivity index (χ4n) is 2.62. The third-order valence-electron chi connectivity index (χ3n) is 3.49. The molecule has 84 valence electrons. The van der Waals surface area contributed by atoms with Crippen LogP contribution in [-0.4, -0.2) is 16.0 Å². The number of nitrogens with one attached hydrogen (secondary N) is 1. The second kappa shape index (κ2) is 3.70. The molecule has 2 aromatic rings. The molecule has 0 radical (unpaired) electrons. The molecule has 0 saturated carbocycles. The Kier molecular flexibility index (Phi) is 2.32. The molecule has 1 heterocycles. The lowest BCUT2D eigenvalue weighted by atomic mass is 9.87. The predicted octanol–water partition coefficient (Wildman–Crippen LogP) is 3.22. The number of hydrogen-bond acceptors (Lipinski definition) is 1. The van der Waals surface area contributed by atoms with Crippen LogP contribution >= 0.6 is 11.6 Å². The van der Waals surface area contributed by atoms with Gasteiger partial charge in [-0.3, -0.25) is 0 Å². The topological polar surface area (TPSA) is 36.0 Å². The van der Waals surface area contributed by atoms with Crippen molar-refractivity contribution >= 4 is 22.5 Å². The van der Waals surface area contributed by atoms with Gasteiger partial charge in [-0.15, -0.1) is 11.6 Å². The summed E-state index contributed by atoms with van der Waals surface area (Å²) in [5.74, 6) is 1.66. The Balaban J connectivity index is 2.14. The van der Waals surface area contributed by atoms with E-state index < -0.39 is 0 Å². The van der Waals surface area contributed by atoms with E-state index in [0.29, 0.717) is 11.7 Å². The first-order valence-electron chi connectivity index (χ1n) is 5.66. The summed E-state index contributed by atoms with van der Waals surface area (Å²) < 4.78 is 0. The predicted molar refractivity (Wildman–Crippen MR) is 66.2 cm³/mol. The second-order valence-electron chi connectivity index (χ2n) is 4.58. The highest BCUT2D eigenvalue weighted by atomic mass is 35.5. The lowest BCUT2D eigenvalue weighted by Gasteiger charge is -2.19. The van der Waals surface area contributed by atoms with E-state index in [1.54, 1.807) is 12.1 Å². The fraction of sp³-hybridized carbons (Fsp3) is 0.385. The van der Waals surface area contributed by atoms with Crippen molar-refractivity contribution in [1.29, 1.82) is 0 Å². The average Bonchev–Trinajstić information content (AvgIpc) is 2.65. The Morgan fingerprint density at radius 3 is 3.12 bits per heavy atom. The third kappa shape index (κ3) is 1.49. The van der Waals surface area contributed by atoms with Crippen LogP contribution in [0.1, 0.15) is 17.7 Å².